The quantitative estimate of drug-likeness (QED) is 0.210. The Morgan fingerprint density at radius 2 is 1.67 bits per heavy atom. The minimum Gasteiger partial charge on any atom is -0.481 e. The summed E-state index contributed by atoms with van der Waals surface area (Å²) in [7, 11) is -1.36. The van der Waals surface area contributed by atoms with Crippen molar-refractivity contribution in [1.82, 2.24) is 19.7 Å². The highest BCUT2D eigenvalue weighted by Crippen LogP contribution is 2.37. The second kappa shape index (κ2) is 12.0. The number of nitrogens with zero attached hydrogens (tertiary/aromatic N) is 4. The Bertz CT molecular complexity index is 1250. The molecular formula is C28H35F3N4O3Si. The summed E-state index contributed by atoms with van der Waals surface area (Å²) in [6, 6.07) is 11.9. The zero-order valence-electron chi connectivity index (χ0n) is 22.5. The Balaban J connectivity index is 1.42. The fourth-order valence-corrected chi connectivity index (χ4v) is 5.59. The Hall–Kier alpha value is -3.05. The number of pyridine rings is 1. The highest BCUT2D eigenvalue weighted by Gasteiger charge is 2.38. The predicted octanol–water partition coefficient (Wildman–Crippen LogP) is 7.09. The van der Waals surface area contributed by atoms with Crippen LogP contribution < -0.4 is 0 Å². The summed E-state index contributed by atoms with van der Waals surface area (Å²) in [6.45, 7) is 6.61. The molecule has 1 fully saturated rings. The first-order chi connectivity index (χ1) is 18.4. The molecule has 0 saturated heterocycles. The predicted molar refractivity (Wildman–Crippen MR) is 145 cm³/mol. The van der Waals surface area contributed by atoms with E-state index in [0.29, 0.717) is 18.1 Å². The van der Waals surface area contributed by atoms with Crippen LogP contribution in [-0.2, 0) is 22.4 Å². The number of hydrogen-bond donors (Lipinski definition) is 1. The van der Waals surface area contributed by atoms with Crippen molar-refractivity contribution in [3.05, 3.63) is 54.1 Å². The zero-order chi connectivity index (χ0) is 28.2. The fourth-order valence-electron chi connectivity index (χ4n) is 4.83. The molecule has 0 aliphatic heterocycles. The van der Waals surface area contributed by atoms with Crippen molar-refractivity contribution < 1.29 is 27.8 Å². The molecule has 1 aliphatic carbocycles. The van der Waals surface area contributed by atoms with Crippen molar-refractivity contribution in [3.63, 3.8) is 0 Å². The van der Waals surface area contributed by atoms with E-state index < -0.39 is 26.0 Å². The van der Waals surface area contributed by atoms with Crippen molar-refractivity contribution >= 4 is 14.0 Å². The number of carbonyl (C=O) groups is 1. The number of aromatic nitrogens is 4. The average molecular weight is 561 g/mol. The Morgan fingerprint density at radius 3 is 2.23 bits per heavy atom. The van der Waals surface area contributed by atoms with E-state index in [-0.39, 0.29) is 24.9 Å². The SMILES string of the molecule is C[Si](C)(C)CCOCn1nc(-c2ccc(-c3ccc(C4CCC(CC(=O)O)CC4)nc3)cc2)nc1C(F)(F)F. The molecular weight excluding hydrogens is 525 g/mol. The van der Waals surface area contributed by atoms with E-state index >= 15 is 0 Å². The minimum atomic E-state index is -4.64. The molecule has 2 heterocycles. The number of hydrogen-bond acceptors (Lipinski definition) is 5. The number of ether oxygens (including phenoxy) is 1. The monoisotopic (exact) mass is 560 g/mol. The third kappa shape index (κ3) is 7.98. The Morgan fingerprint density at radius 1 is 1.03 bits per heavy atom. The Labute approximate surface area is 227 Å². The van der Waals surface area contributed by atoms with Gasteiger partial charge in [-0.05, 0) is 49.3 Å². The van der Waals surface area contributed by atoms with E-state index in [0.717, 1.165) is 53.2 Å². The lowest BCUT2D eigenvalue weighted by molar-refractivity contribution is -0.150. The third-order valence-electron chi connectivity index (χ3n) is 7.13. The van der Waals surface area contributed by atoms with Crippen LogP contribution in [0, 0.1) is 5.92 Å². The molecule has 7 nitrogen and oxygen atoms in total. The summed E-state index contributed by atoms with van der Waals surface area (Å²) >= 11 is 0. The van der Waals surface area contributed by atoms with Crippen LogP contribution in [0.25, 0.3) is 22.5 Å². The van der Waals surface area contributed by atoms with Crippen LogP contribution in [0.15, 0.2) is 42.6 Å². The molecule has 1 aromatic carbocycles. The molecule has 2 aromatic heterocycles. The molecule has 0 atom stereocenters. The smallest absolute Gasteiger partial charge is 0.451 e. The number of carboxylic acids is 1. The minimum absolute atomic E-state index is 0.00496. The summed E-state index contributed by atoms with van der Waals surface area (Å²) in [5.41, 5.74) is 3.27. The summed E-state index contributed by atoms with van der Waals surface area (Å²) in [6.07, 6.45) is 1.05. The second-order valence-electron chi connectivity index (χ2n) is 11.5. The molecule has 0 spiro atoms. The summed E-state index contributed by atoms with van der Waals surface area (Å²) in [5.74, 6) is -1.25. The maximum absolute atomic E-state index is 13.6. The van der Waals surface area contributed by atoms with Crippen molar-refractivity contribution in [2.24, 2.45) is 5.92 Å². The van der Waals surface area contributed by atoms with Crippen LogP contribution >= 0.6 is 0 Å². The fraction of sp³-hybridized carbons (Fsp3) is 0.500. The van der Waals surface area contributed by atoms with Gasteiger partial charge in [0.2, 0.25) is 5.82 Å². The largest absolute Gasteiger partial charge is 0.481 e. The van der Waals surface area contributed by atoms with E-state index in [2.05, 4.69) is 34.7 Å². The number of carboxylic acid groups (broad SMARTS) is 1. The van der Waals surface area contributed by atoms with Crippen LogP contribution in [-0.4, -0.2) is 45.5 Å². The van der Waals surface area contributed by atoms with Gasteiger partial charge in [0, 0.05) is 50.0 Å². The maximum Gasteiger partial charge on any atom is 0.451 e. The Kier molecular flexibility index (Phi) is 8.90. The van der Waals surface area contributed by atoms with Gasteiger partial charge < -0.3 is 9.84 Å². The maximum atomic E-state index is 13.6. The van der Waals surface area contributed by atoms with Crippen molar-refractivity contribution in [2.75, 3.05) is 6.61 Å². The summed E-state index contributed by atoms with van der Waals surface area (Å²) in [5, 5.41) is 13.1. The standard InChI is InChI=1S/C28H35F3N4O3Si/c1-39(2,3)15-14-38-18-35-27(28(29,30)31)33-26(34-35)22-10-8-20(9-11-22)23-12-13-24(32-17-23)21-6-4-19(5-7-21)16-25(36)37/h8-13,17,19,21H,4-7,14-16,18H2,1-3H3,(H,36,37). The van der Waals surface area contributed by atoms with E-state index in [1.807, 2.05) is 24.3 Å². The van der Waals surface area contributed by atoms with Crippen LogP contribution in [0.2, 0.25) is 25.7 Å². The van der Waals surface area contributed by atoms with Crippen LogP contribution in [0.3, 0.4) is 0 Å². The third-order valence-corrected chi connectivity index (χ3v) is 8.83. The van der Waals surface area contributed by atoms with Crippen LogP contribution in [0.4, 0.5) is 13.2 Å². The number of alkyl halides is 3. The van der Waals surface area contributed by atoms with Gasteiger partial charge in [0.15, 0.2) is 5.82 Å². The molecule has 1 saturated carbocycles. The average Bonchev–Trinajstić information content (AvgIpc) is 3.32. The first-order valence-electron chi connectivity index (χ1n) is 13.3. The van der Waals surface area contributed by atoms with Crippen molar-refractivity contribution in [3.8, 4) is 22.5 Å². The van der Waals surface area contributed by atoms with E-state index in [1.165, 1.54) is 0 Å². The van der Waals surface area contributed by atoms with E-state index in [1.54, 1.807) is 18.3 Å². The van der Waals surface area contributed by atoms with Gasteiger partial charge in [-0.2, -0.15) is 13.2 Å². The topological polar surface area (TPSA) is 90.1 Å². The van der Waals surface area contributed by atoms with Gasteiger partial charge in [0.25, 0.3) is 0 Å². The molecule has 1 aliphatic rings. The molecule has 11 heteroatoms. The molecule has 0 unspecified atom stereocenters. The first-order valence-corrected chi connectivity index (χ1v) is 17.0. The second-order valence-corrected chi connectivity index (χ2v) is 17.1. The van der Waals surface area contributed by atoms with Gasteiger partial charge in [0.1, 0.15) is 6.73 Å². The van der Waals surface area contributed by atoms with Gasteiger partial charge in [0.05, 0.1) is 0 Å². The van der Waals surface area contributed by atoms with Crippen LogP contribution in [0.5, 0.6) is 0 Å². The van der Waals surface area contributed by atoms with Crippen LogP contribution in [0.1, 0.15) is 49.5 Å². The summed E-state index contributed by atoms with van der Waals surface area (Å²) < 4.78 is 47.1. The number of aliphatic carboxylic acids is 1. The highest BCUT2D eigenvalue weighted by molar-refractivity contribution is 6.76. The lowest BCUT2D eigenvalue weighted by Gasteiger charge is -2.27. The van der Waals surface area contributed by atoms with Gasteiger partial charge >= 0.3 is 12.1 Å². The van der Waals surface area contributed by atoms with Gasteiger partial charge in [-0.1, -0.05) is 50.0 Å². The molecule has 3 aromatic rings. The van der Waals surface area contributed by atoms with Gasteiger partial charge in [-0.25, -0.2) is 9.67 Å². The molecule has 4 rings (SSSR count). The number of rotatable bonds is 10. The molecule has 0 bridgehead atoms. The first kappa shape index (κ1) is 28.9. The molecule has 1 N–H and O–H groups in total. The van der Waals surface area contributed by atoms with E-state index in [4.69, 9.17) is 9.84 Å². The lowest BCUT2D eigenvalue weighted by atomic mass is 9.79. The number of halogens is 3. The highest BCUT2D eigenvalue weighted by atomic mass is 28.3. The molecule has 39 heavy (non-hydrogen) atoms. The summed E-state index contributed by atoms with van der Waals surface area (Å²) in [4.78, 5) is 19.4. The van der Waals surface area contributed by atoms with Gasteiger partial charge in [-0.15, -0.1) is 5.10 Å². The molecule has 0 amide bonds. The molecule has 210 valence electrons. The lowest BCUT2D eigenvalue weighted by Crippen LogP contribution is -2.23. The normalized spacial score (nSPS) is 18.3. The number of benzene rings is 1. The molecule has 0 radical (unpaired) electrons. The zero-order valence-corrected chi connectivity index (χ0v) is 23.5. The van der Waals surface area contributed by atoms with Crippen molar-refractivity contribution in [1.29, 1.82) is 0 Å². The van der Waals surface area contributed by atoms with Gasteiger partial charge in [-0.3, -0.25) is 9.78 Å². The van der Waals surface area contributed by atoms with Crippen molar-refractivity contribution in [2.45, 2.75) is 76.6 Å². The van der Waals surface area contributed by atoms with E-state index in [9.17, 15) is 18.0 Å².